The Morgan fingerprint density at radius 2 is 2.27 bits per heavy atom. The smallest absolute Gasteiger partial charge is 0.227 e. The van der Waals surface area contributed by atoms with Crippen LogP contribution in [0.15, 0.2) is 0 Å². The molecule has 0 aromatic heterocycles. The average Bonchev–Trinajstić information content (AvgIpc) is 2.51. The fourth-order valence-electron chi connectivity index (χ4n) is 1.84. The third-order valence-electron chi connectivity index (χ3n) is 2.73. The monoisotopic (exact) mass is 231 g/mol. The second-order valence-electron chi connectivity index (χ2n) is 4.11. The molecule has 86 valence electrons. The van der Waals surface area contributed by atoms with Gasteiger partial charge < -0.3 is 4.90 Å². The van der Waals surface area contributed by atoms with Crippen molar-refractivity contribution in [3.8, 4) is 6.07 Å². The maximum absolute atomic E-state index is 11.5. The van der Waals surface area contributed by atoms with Gasteiger partial charge in [0.2, 0.25) is 10.0 Å². The lowest BCUT2D eigenvalue weighted by Gasteiger charge is -2.19. The number of likely N-dealkylation sites (tertiary alicyclic amines) is 1. The van der Waals surface area contributed by atoms with Crippen molar-refractivity contribution in [3.63, 3.8) is 0 Å². The summed E-state index contributed by atoms with van der Waals surface area (Å²) >= 11 is 0. The van der Waals surface area contributed by atoms with Crippen molar-refractivity contribution < 1.29 is 8.42 Å². The fraction of sp³-hybridized carbons (Fsp3) is 0.889. The van der Waals surface area contributed by atoms with E-state index in [9.17, 15) is 8.42 Å². The van der Waals surface area contributed by atoms with Crippen LogP contribution in [0.1, 0.15) is 6.42 Å². The quantitative estimate of drug-likeness (QED) is 0.667. The van der Waals surface area contributed by atoms with Gasteiger partial charge in [0.15, 0.2) is 5.75 Å². The van der Waals surface area contributed by atoms with Crippen LogP contribution in [-0.2, 0) is 10.0 Å². The van der Waals surface area contributed by atoms with Gasteiger partial charge in [0.25, 0.3) is 0 Å². The summed E-state index contributed by atoms with van der Waals surface area (Å²) in [6.45, 7) is 2.48. The van der Waals surface area contributed by atoms with Crippen LogP contribution in [0.2, 0.25) is 0 Å². The molecular formula is C9H17N3O2S. The Morgan fingerprint density at radius 3 is 2.73 bits per heavy atom. The zero-order valence-electron chi connectivity index (χ0n) is 9.18. The van der Waals surface area contributed by atoms with Crippen molar-refractivity contribution in [1.29, 1.82) is 5.26 Å². The molecule has 1 atom stereocenters. The Morgan fingerprint density at radius 1 is 1.60 bits per heavy atom. The van der Waals surface area contributed by atoms with Crippen LogP contribution >= 0.6 is 0 Å². The minimum absolute atomic E-state index is 0.397. The normalized spacial score (nSPS) is 23.2. The third-order valence-corrected chi connectivity index (χ3v) is 4.32. The van der Waals surface area contributed by atoms with Gasteiger partial charge in [-0.05, 0) is 25.9 Å². The SMILES string of the molecule is CN1CCC(CN(C)S(=O)(=O)CC#N)C1. The molecule has 1 saturated heterocycles. The molecule has 15 heavy (non-hydrogen) atoms. The Bertz CT molecular complexity index is 347. The van der Waals surface area contributed by atoms with E-state index in [4.69, 9.17) is 5.26 Å². The van der Waals surface area contributed by atoms with Crippen molar-refractivity contribution in [3.05, 3.63) is 0 Å². The Hall–Kier alpha value is -0.640. The summed E-state index contributed by atoms with van der Waals surface area (Å²) in [5.74, 6) is -0.0278. The molecule has 0 saturated carbocycles. The van der Waals surface area contributed by atoms with Crippen LogP contribution in [0, 0.1) is 17.2 Å². The molecule has 0 aliphatic carbocycles. The third kappa shape index (κ3) is 3.45. The van der Waals surface area contributed by atoms with Crippen molar-refractivity contribution in [1.82, 2.24) is 9.21 Å². The number of nitriles is 1. The summed E-state index contributed by atoms with van der Waals surface area (Å²) in [7, 11) is 0.217. The largest absolute Gasteiger partial charge is 0.306 e. The van der Waals surface area contributed by atoms with Crippen molar-refractivity contribution in [2.45, 2.75) is 6.42 Å². The number of hydrogen-bond acceptors (Lipinski definition) is 4. The summed E-state index contributed by atoms with van der Waals surface area (Å²) in [4.78, 5) is 2.19. The highest BCUT2D eigenvalue weighted by atomic mass is 32.2. The molecule has 1 aliphatic rings. The van der Waals surface area contributed by atoms with E-state index in [-0.39, 0.29) is 0 Å². The van der Waals surface area contributed by atoms with Gasteiger partial charge in [0, 0.05) is 20.1 Å². The van der Waals surface area contributed by atoms with E-state index < -0.39 is 15.8 Å². The Labute approximate surface area is 91.3 Å². The highest BCUT2D eigenvalue weighted by molar-refractivity contribution is 7.89. The minimum Gasteiger partial charge on any atom is -0.306 e. The number of nitrogens with zero attached hydrogens (tertiary/aromatic N) is 3. The second kappa shape index (κ2) is 4.92. The molecule has 0 radical (unpaired) electrons. The van der Waals surface area contributed by atoms with E-state index in [0.717, 1.165) is 19.5 Å². The summed E-state index contributed by atoms with van der Waals surface area (Å²) in [5, 5.41) is 8.39. The topological polar surface area (TPSA) is 64.4 Å². The van der Waals surface area contributed by atoms with Gasteiger partial charge in [-0.15, -0.1) is 0 Å². The van der Waals surface area contributed by atoms with Gasteiger partial charge in [0.1, 0.15) is 0 Å². The molecule has 1 aliphatic heterocycles. The zero-order chi connectivity index (χ0) is 11.5. The van der Waals surface area contributed by atoms with Crippen molar-refractivity contribution >= 4 is 10.0 Å². The van der Waals surface area contributed by atoms with Crippen LogP contribution in [-0.4, -0.2) is 57.1 Å². The maximum Gasteiger partial charge on any atom is 0.227 e. The molecule has 5 nitrogen and oxygen atoms in total. The van der Waals surface area contributed by atoms with E-state index in [1.54, 1.807) is 13.1 Å². The van der Waals surface area contributed by atoms with E-state index in [1.807, 2.05) is 7.05 Å². The lowest BCUT2D eigenvalue weighted by molar-refractivity contribution is 0.357. The molecule has 0 bridgehead atoms. The number of hydrogen-bond donors (Lipinski definition) is 0. The van der Waals surface area contributed by atoms with Gasteiger partial charge in [-0.25, -0.2) is 12.7 Å². The standard InChI is InChI=1S/C9H17N3O2S/c1-11-5-3-9(7-11)8-12(2)15(13,14)6-4-10/h9H,3,5-8H2,1-2H3. The molecular weight excluding hydrogens is 214 g/mol. The molecule has 1 heterocycles. The van der Waals surface area contributed by atoms with Gasteiger partial charge in [-0.2, -0.15) is 5.26 Å². The molecule has 0 aromatic rings. The van der Waals surface area contributed by atoms with E-state index in [0.29, 0.717) is 12.5 Å². The maximum atomic E-state index is 11.5. The Balaban J connectivity index is 2.49. The van der Waals surface area contributed by atoms with Crippen LogP contribution in [0.4, 0.5) is 0 Å². The number of sulfonamides is 1. The first-order valence-electron chi connectivity index (χ1n) is 4.95. The molecule has 0 N–H and O–H groups in total. The average molecular weight is 231 g/mol. The fourth-order valence-corrected chi connectivity index (χ4v) is 2.67. The lowest BCUT2D eigenvalue weighted by atomic mass is 10.1. The predicted octanol–water partition coefficient (Wildman–Crippen LogP) is -0.277. The molecule has 1 unspecified atom stereocenters. The first-order valence-corrected chi connectivity index (χ1v) is 6.56. The van der Waals surface area contributed by atoms with E-state index in [1.165, 1.54) is 4.31 Å². The molecule has 0 amide bonds. The highest BCUT2D eigenvalue weighted by Gasteiger charge is 2.25. The lowest BCUT2D eigenvalue weighted by Crippen LogP contribution is -2.34. The first-order chi connectivity index (χ1) is 6.95. The first kappa shape index (κ1) is 12.4. The van der Waals surface area contributed by atoms with Crippen molar-refractivity contribution in [2.24, 2.45) is 5.92 Å². The predicted molar refractivity (Wildman–Crippen MR) is 57.6 cm³/mol. The van der Waals surface area contributed by atoms with Gasteiger partial charge >= 0.3 is 0 Å². The molecule has 0 spiro atoms. The van der Waals surface area contributed by atoms with Crippen LogP contribution in [0.25, 0.3) is 0 Å². The number of rotatable bonds is 4. The summed E-state index contributed by atoms with van der Waals surface area (Å²) in [5.41, 5.74) is 0. The van der Waals surface area contributed by atoms with E-state index in [2.05, 4.69) is 4.90 Å². The van der Waals surface area contributed by atoms with E-state index >= 15 is 0 Å². The summed E-state index contributed by atoms with van der Waals surface area (Å²) < 4.78 is 24.3. The second-order valence-corrected chi connectivity index (χ2v) is 6.19. The van der Waals surface area contributed by atoms with Gasteiger partial charge in [0.05, 0.1) is 6.07 Å². The van der Waals surface area contributed by atoms with Gasteiger partial charge in [-0.3, -0.25) is 0 Å². The molecule has 1 rings (SSSR count). The minimum atomic E-state index is -3.36. The van der Waals surface area contributed by atoms with Crippen LogP contribution < -0.4 is 0 Å². The summed E-state index contributed by atoms with van der Waals surface area (Å²) in [6, 6.07) is 1.68. The Kier molecular flexibility index (Phi) is 4.08. The molecule has 1 fully saturated rings. The highest BCUT2D eigenvalue weighted by Crippen LogP contribution is 2.16. The van der Waals surface area contributed by atoms with Crippen LogP contribution in [0.5, 0.6) is 0 Å². The summed E-state index contributed by atoms with van der Waals surface area (Å²) in [6.07, 6.45) is 1.03. The van der Waals surface area contributed by atoms with Crippen LogP contribution in [0.3, 0.4) is 0 Å². The van der Waals surface area contributed by atoms with Gasteiger partial charge in [-0.1, -0.05) is 0 Å². The molecule has 0 aromatic carbocycles. The molecule has 6 heteroatoms. The van der Waals surface area contributed by atoms with Crippen molar-refractivity contribution in [2.75, 3.05) is 39.5 Å². The zero-order valence-corrected chi connectivity index (χ0v) is 10.00.